The number of hydrogen-bond acceptors (Lipinski definition) is 3. The molecule has 0 bridgehead atoms. The third-order valence-corrected chi connectivity index (χ3v) is 4.92. The summed E-state index contributed by atoms with van der Waals surface area (Å²) in [6, 6.07) is 0. The van der Waals surface area contributed by atoms with Crippen molar-refractivity contribution < 1.29 is 4.79 Å². The first-order chi connectivity index (χ1) is 4.47. The summed E-state index contributed by atoms with van der Waals surface area (Å²) in [5.74, 6) is 1.08. The lowest BCUT2D eigenvalue weighted by atomic mass is 10.2. The van der Waals surface area contributed by atoms with E-state index in [2.05, 4.69) is 13.8 Å². The van der Waals surface area contributed by atoms with Crippen molar-refractivity contribution in [1.82, 2.24) is 0 Å². The molecule has 1 unspecified atom stereocenters. The van der Waals surface area contributed by atoms with Crippen molar-refractivity contribution in [2.45, 2.75) is 29.6 Å². The van der Waals surface area contributed by atoms with E-state index in [1.54, 1.807) is 23.5 Å². The Morgan fingerprint density at radius 2 is 2.00 bits per heavy atom. The predicted octanol–water partition coefficient (Wildman–Crippen LogP) is 2.16. The SMILES string of the molecule is CC1(C)CSC(C)(C=O)S1. The van der Waals surface area contributed by atoms with E-state index >= 15 is 0 Å². The zero-order valence-corrected chi connectivity index (χ0v) is 8.14. The molecule has 0 saturated carbocycles. The highest BCUT2D eigenvalue weighted by atomic mass is 32.2. The van der Waals surface area contributed by atoms with Crippen molar-refractivity contribution in [2.24, 2.45) is 0 Å². The summed E-state index contributed by atoms with van der Waals surface area (Å²) in [6.07, 6.45) is 1.05. The average Bonchev–Trinajstić information content (AvgIpc) is 2.08. The molecule has 58 valence electrons. The highest BCUT2D eigenvalue weighted by Gasteiger charge is 2.41. The van der Waals surface area contributed by atoms with Gasteiger partial charge in [-0.25, -0.2) is 0 Å². The molecule has 1 aliphatic rings. The van der Waals surface area contributed by atoms with Crippen LogP contribution in [0.3, 0.4) is 0 Å². The second-order valence-corrected chi connectivity index (χ2v) is 7.13. The molecule has 0 spiro atoms. The Morgan fingerprint density at radius 3 is 2.20 bits per heavy atom. The van der Waals surface area contributed by atoms with Crippen LogP contribution < -0.4 is 0 Å². The van der Waals surface area contributed by atoms with Crippen LogP contribution in [0.1, 0.15) is 20.8 Å². The van der Waals surface area contributed by atoms with Crippen molar-refractivity contribution >= 4 is 29.8 Å². The van der Waals surface area contributed by atoms with Crippen LogP contribution in [0.5, 0.6) is 0 Å². The van der Waals surface area contributed by atoms with Gasteiger partial charge in [0.25, 0.3) is 0 Å². The van der Waals surface area contributed by atoms with E-state index in [0.29, 0.717) is 0 Å². The average molecular weight is 176 g/mol. The van der Waals surface area contributed by atoms with E-state index in [4.69, 9.17) is 0 Å². The normalized spacial score (nSPS) is 37.9. The molecule has 0 radical (unpaired) electrons. The van der Waals surface area contributed by atoms with Crippen molar-refractivity contribution in [3.63, 3.8) is 0 Å². The largest absolute Gasteiger partial charge is 0.301 e. The Balaban J connectivity index is 2.66. The summed E-state index contributed by atoms with van der Waals surface area (Å²) in [7, 11) is 0. The highest BCUT2D eigenvalue weighted by molar-refractivity contribution is 8.23. The molecular weight excluding hydrogens is 164 g/mol. The third kappa shape index (κ3) is 1.70. The number of carbonyl (C=O) groups is 1. The Hall–Kier alpha value is 0.370. The summed E-state index contributed by atoms with van der Waals surface area (Å²) >= 11 is 3.51. The van der Waals surface area contributed by atoms with Crippen molar-refractivity contribution in [1.29, 1.82) is 0 Å². The standard InChI is InChI=1S/C7H12OS2/c1-6(2)5-9-7(3,4-8)10-6/h4H,5H2,1-3H3. The summed E-state index contributed by atoms with van der Waals surface area (Å²) in [4.78, 5) is 10.6. The minimum Gasteiger partial charge on any atom is -0.301 e. The van der Waals surface area contributed by atoms with Gasteiger partial charge in [-0.3, -0.25) is 0 Å². The van der Waals surface area contributed by atoms with Crippen LogP contribution in [0.2, 0.25) is 0 Å². The second-order valence-electron chi connectivity index (χ2n) is 3.28. The van der Waals surface area contributed by atoms with E-state index in [-0.39, 0.29) is 8.83 Å². The first-order valence-electron chi connectivity index (χ1n) is 3.28. The molecule has 0 aromatic carbocycles. The Bertz CT molecular complexity index is 156. The fraction of sp³-hybridized carbons (Fsp3) is 0.857. The quantitative estimate of drug-likeness (QED) is 0.570. The third-order valence-electron chi connectivity index (χ3n) is 1.40. The van der Waals surface area contributed by atoms with Crippen molar-refractivity contribution in [2.75, 3.05) is 5.75 Å². The maximum Gasteiger partial charge on any atom is 0.145 e. The summed E-state index contributed by atoms with van der Waals surface area (Å²) in [5.41, 5.74) is 0. The Kier molecular flexibility index (Phi) is 2.07. The molecule has 1 rings (SSSR count). The molecule has 0 aromatic heterocycles. The lowest BCUT2D eigenvalue weighted by Gasteiger charge is -2.18. The molecule has 0 amide bonds. The predicted molar refractivity (Wildman–Crippen MR) is 48.6 cm³/mol. The first kappa shape index (κ1) is 8.47. The number of aldehydes is 1. The number of thioether (sulfide) groups is 2. The fourth-order valence-electron chi connectivity index (χ4n) is 0.983. The molecule has 0 N–H and O–H groups in total. The maximum absolute atomic E-state index is 10.6. The minimum atomic E-state index is -0.177. The molecule has 3 heteroatoms. The summed E-state index contributed by atoms with van der Waals surface area (Å²) in [5, 5.41) is 0. The molecule has 1 aliphatic heterocycles. The van der Waals surface area contributed by atoms with Crippen LogP contribution in [-0.4, -0.2) is 20.9 Å². The maximum atomic E-state index is 10.6. The van der Waals surface area contributed by atoms with Crippen LogP contribution in [0, 0.1) is 0 Å². The molecule has 0 aromatic rings. The van der Waals surface area contributed by atoms with Gasteiger partial charge in [0.05, 0.1) is 0 Å². The van der Waals surface area contributed by atoms with Crippen LogP contribution in [-0.2, 0) is 4.79 Å². The van der Waals surface area contributed by atoms with Crippen LogP contribution in [0.4, 0.5) is 0 Å². The minimum absolute atomic E-state index is 0.177. The van der Waals surface area contributed by atoms with E-state index in [1.807, 2.05) is 6.92 Å². The van der Waals surface area contributed by atoms with Gasteiger partial charge < -0.3 is 4.79 Å². The Labute approximate surface area is 70.3 Å². The van der Waals surface area contributed by atoms with Gasteiger partial charge >= 0.3 is 0 Å². The molecule has 1 saturated heterocycles. The van der Waals surface area contributed by atoms with Crippen LogP contribution in [0.15, 0.2) is 0 Å². The number of rotatable bonds is 1. The summed E-state index contributed by atoms with van der Waals surface area (Å²) in [6.45, 7) is 6.35. The topological polar surface area (TPSA) is 17.1 Å². The Morgan fingerprint density at radius 1 is 1.40 bits per heavy atom. The molecule has 10 heavy (non-hydrogen) atoms. The van der Waals surface area contributed by atoms with Gasteiger partial charge in [0, 0.05) is 10.5 Å². The van der Waals surface area contributed by atoms with Crippen LogP contribution in [0.25, 0.3) is 0 Å². The zero-order chi connectivity index (χ0) is 7.83. The van der Waals surface area contributed by atoms with E-state index in [9.17, 15) is 4.79 Å². The lowest BCUT2D eigenvalue weighted by Crippen LogP contribution is -2.17. The van der Waals surface area contributed by atoms with E-state index < -0.39 is 0 Å². The van der Waals surface area contributed by atoms with Crippen molar-refractivity contribution in [3.8, 4) is 0 Å². The number of carbonyl (C=O) groups excluding carboxylic acids is 1. The van der Waals surface area contributed by atoms with Crippen LogP contribution >= 0.6 is 23.5 Å². The van der Waals surface area contributed by atoms with Crippen molar-refractivity contribution in [3.05, 3.63) is 0 Å². The highest BCUT2D eigenvalue weighted by Crippen LogP contribution is 2.52. The summed E-state index contributed by atoms with van der Waals surface area (Å²) < 4.78 is 0.101. The molecule has 1 atom stereocenters. The number of hydrogen-bond donors (Lipinski definition) is 0. The lowest BCUT2D eigenvalue weighted by molar-refractivity contribution is -0.107. The van der Waals surface area contributed by atoms with Gasteiger partial charge in [-0.05, 0) is 20.8 Å². The zero-order valence-electron chi connectivity index (χ0n) is 6.51. The smallest absolute Gasteiger partial charge is 0.145 e. The van der Waals surface area contributed by atoms with Gasteiger partial charge in [-0.1, -0.05) is 0 Å². The molecule has 1 fully saturated rings. The second kappa shape index (κ2) is 2.45. The monoisotopic (exact) mass is 176 g/mol. The van der Waals surface area contributed by atoms with Gasteiger partial charge in [0.2, 0.25) is 0 Å². The van der Waals surface area contributed by atoms with Gasteiger partial charge in [-0.2, -0.15) is 0 Å². The molecular formula is C7H12OS2. The first-order valence-corrected chi connectivity index (χ1v) is 5.08. The van der Waals surface area contributed by atoms with Gasteiger partial charge in [0.15, 0.2) is 0 Å². The molecule has 1 nitrogen and oxygen atoms in total. The van der Waals surface area contributed by atoms with E-state index in [1.165, 1.54) is 0 Å². The van der Waals surface area contributed by atoms with Gasteiger partial charge in [0.1, 0.15) is 10.4 Å². The molecule has 1 heterocycles. The molecule has 0 aliphatic carbocycles. The van der Waals surface area contributed by atoms with Gasteiger partial charge in [-0.15, -0.1) is 23.5 Å². The van der Waals surface area contributed by atoms with E-state index in [0.717, 1.165) is 12.0 Å². The fourth-order valence-corrected chi connectivity index (χ4v) is 4.33.